The third-order valence-electron chi connectivity index (χ3n) is 2.59. The standard InChI is InChI=1S/C11H13N3O/c1-7-13-9-5-4-8(11(15)12-2)6-10(9)14(7)3/h4-6H,1-3H3,(H,12,15). The second kappa shape index (κ2) is 3.38. The lowest BCUT2D eigenvalue weighted by molar-refractivity contribution is 0.0963. The quantitative estimate of drug-likeness (QED) is 0.758. The highest BCUT2D eigenvalue weighted by molar-refractivity contribution is 5.97. The molecule has 0 unspecified atom stereocenters. The van der Waals surface area contributed by atoms with E-state index in [-0.39, 0.29) is 5.91 Å². The van der Waals surface area contributed by atoms with Crippen molar-refractivity contribution in [3.8, 4) is 0 Å². The number of hydrogen-bond donors (Lipinski definition) is 1. The molecule has 0 spiro atoms. The molecule has 1 heterocycles. The van der Waals surface area contributed by atoms with Gasteiger partial charge >= 0.3 is 0 Å². The summed E-state index contributed by atoms with van der Waals surface area (Å²) >= 11 is 0. The van der Waals surface area contributed by atoms with Crippen LogP contribution < -0.4 is 5.32 Å². The smallest absolute Gasteiger partial charge is 0.251 e. The van der Waals surface area contributed by atoms with E-state index in [1.54, 1.807) is 13.1 Å². The van der Waals surface area contributed by atoms with Crippen LogP contribution in [0.5, 0.6) is 0 Å². The summed E-state index contributed by atoms with van der Waals surface area (Å²) in [6.45, 7) is 1.94. The first kappa shape index (κ1) is 9.71. The van der Waals surface area contributed by atoms with E-state index >= 15 is 0 Å². The average molecular weight is 203 g/mol. The highest BCUT2D eigenvalue weighted by Gasteiger charge is 2.08. The minimum absolute atomic E-state index is 0.0734. The molecule has 4 heteroatoms. The summed E-state index contributed by atoms with van der Waals surface area (Å²) in [6, 6.07) is 5.51. The number of amides is 1. The number of fused-ring (bicyclic) bond motifs is 1. The van der Waals surface area contributed by atoms with Gasteiger partial charge in [0.1, 0.15) is 5.82 Å². The molecular formula is C11H13N3O. The predicted octanol–water partition coefficient (Wildman–Crippen LogP) is 1.24. The Labute approximate surface area is 87.9 Å². The van der Waals surface area contributed by atoms with Crippen molar-refractivity contribution in [3.05, 3.63) is 29.6 Å². The molecule has 15 heavy (non-hydrogen) atoms. The van der Waals surface area contributed by atoms with Crippen molar-refractivity contribution in [2.24, 2.45) is 7.05 Å². The maximum absolute atomic E-state index is 11.4. The van der Waals surface area contributed by atoms with Gasteiger partial charge in [-0.15, -0.1) is 0 Å². The van der Waals surface area contributed by atoms with E-state index in [9.17, 15) is 4.79 Å². The highest BCUT2D eigenvalue weighted by atomic mass is 16.1. The Hall–Kier alpha value is -1.84. The summed E-state index contributed by atoms with van der Waals surface area (Å²) in [5, 5.41) is 2.60. The summed E-state index contributed by atoms with van der Waals surface area (Å²) < 4.78 is 1.97. The van der Waals surface area contributed by atoms with Crippen LogP contribution in [0.2, 0.25) is 0 Å². The maximum atomic E-state index is 11.4. The molecule has 4 nitrogen and oxygen atoms in total. The monoisotopic (exact) mass is 203 g/mol. The van der Waals surface area contributed by atoms with Gasteiger partial charge in [-0.2, -0.15) is 0 Å². The van der Waals surface area contributed by atoms with E-state index in [1.807, 2.05) is 30.7 Å². The molecule has 0 atom stereocenters. The lowest BCUT2D eigenvalue weighted by atomic mass is 10.2. The molecule has 0 aliphatic rings. The van der Waals surface area contributed by atoms with Crippen molar-refractivity contribution >= 4 is 16.9 Å². The van der Waals surface area contributed by atoms with E-state index in [0.717, 1.165) is 16.9 Å². The van der Waals surface area contributed by atoms with Crippen LogP contribution in [-0.2, 0) is 7.05 Å². The van der Waals surface area contributed by atoms with Crippen LogP contribution in [0.1, 0.15) is 16.2 Å². The van der Waals surface area contributed by atoms with Crippen LogP contribution in [0.4, 0.5) is 0 Å². The fourth-order valence-corrected chi connectivity index (χ4v) is 1.60. The van der Waals surface area contributed by atoms with E-state index in [1.165, 1.54) is 0 Å². The zero-order valence-electron chi connectivity index (χ0n) is 9.03. The van der Waals surface area contributed by atoms with Crippen LogP contribution >= 0.6 is 0 Å². The van der Waals surface area contributed by atoms with Crippen molar-refractivity contribution in [2.45, 2.75) is 6.92 Å². The summed E-state index contributed by atoms with van der Waals surface area (Å²) in [5.74, 6) is 0.870. The summed E-state index contributed by atoms with van der Waals surface area (Å²) in [7, 11) is 3.57. The second-order valence-electron chi connectivity index (χ2n) is 3.50. The van der Waals surface area contributed by atoms with Gasteiger partial charge in [-0.3, -0.25) is 4.79 Å². The molecule has 0 fully saturated rings. The molecule has 1 N–H and O–H groups in total. The topological polar surface area (TPSA) is 46.9 Å². The molecule has 78 valence electrons. The summed E-state index contributed by atoms with van der Waals surface area (Å²) in [6.07, 6.45) is 0. The minimum atomic E-state index is -0.0734. The van der Waals surface area contributed by atoms with E-state index < -0.39 is 0 Å². The number of carbonyl (C=O) groups is 1. The SMILES string of the molecule is CNC(=O)c1ccc2nc(C)n(C)c2c1. The van der Waals surface area contributed by atoms with Gasteiger partial charge in [0.2, 0.25) is 0 Å². The van der Waals surface area contributed by atoms with Gasteiger partial charge in [0.05, 0.1) is 11.0 Å². The highest BCUT2D eigenvalue weighted by Crippen LogP contribution is 2.16. The van der Waals surface area contributed by atoms with Crippen molar-refractivity contribution in [2.75, 3.05) is 7.05 Å². The fraction of sp³-hybridized carbons (Fsp3) is 0.273. The lowest BCUT2D eigenvalue weighted by Crippen LogP contribution is -2.17. The van der Waals surface area contributed by atoms with Crippen molar-refractivity contribution < 1.29 is 4.79 Å². The first-order valence-corrected chi connectivity index (χ1v) is 4.78. The van der Waals surface area contributed by atoms with E-state index in [4.69, 9.17) is 0 Å². The third kappa shape index (κ3) is 1.48. The van der Waals surface area contributed by atoms with Gasteiger partial charge in [-0.1, -0.05) is 0 Å². The minimum Gasteiger partial charge on any atom is -0.355 e. The number of carbonyl (C=O) groups excluding carboxylic acids is 1. The molecule has 1 aromatic heterocycles. The molecule has 1 aromatic carbocycles. The Morgan fingerprint density at radius 3 is 2.87 bits per heavy atom. The van der Waals surface area contributed by atoms with Gasteiger partial charge in [0.25, 0.3) is 5.91 Å². The van der Waals surface area contributed by atoms with Crippen LogP contribution in [-0.4, -0.2) is 22.5 Å². The Kier molecular flexibility index (Phi) is 2.19. The number of nitrogens with zero attached hydrogens (tertiary/aromatic N) is 2. The Morgan fingerprint density at radius 2 is 2.20 bits per heavy atom. The summed E-state index contributed by atoms with van der Waals surface area (Å²) in [5.41, 5.74) is 2.56. The van der Waals surface area contributed by atoms with Crippen molar-refractivity contribution in [1.29, 1.82) is 0 Å². The molecule has 0 saturated heterocycles. The Bertz CT molecular complexity index is 528. The molecule has 2 aromatic rings. The molecule has 0 saturated carbocycles. The molecular weight excluding hydrogens is 190 g/mol. The number of rotatable bonds is 1. The third-order valence-corrected chi connectivity index (χ3v) is 2.59. The first-order chi connectivity index (χ1) is 7.13. The second-order valence-corrected chi connectivity index (χ2v) is 3.50. The van der Waals surface area contributed by atoms with Crippen LogP contribution in [0, 0.1) is 6.92 Å². The van der Waals surface area contributed by atoms with Gasteiger partial charge in [-0.25, -0.2) is 4.98 Å². The largest absolute Gasteiger partial charge is 0.355 e. The Morgan fingerprint density at radius 1 is 1.47 bits per heavy atom. The van der Waals surface area contributed by atoms with Gasteiger partial charge in [0.15, 0.2) is 0 Å². The summed E-state index contributed by atoms with van der Waals surface area (Å²) in [4.78, 5) is 15.8. The number of aromatic nitrogens is 2. The number of imidazole rings is 1. The zero-order chi connectivity index (χ0) is 11.0. The molecule has 0 bridgehead atoms. The van der Waals surface area contributed by atoms with Gasteiger partial charge in [-0.05, 0) is 25.1 Å². The van der Waals surface area contributed by atoms with Crippen molar-refractivity contribution in [3.63, 3.8) is 0 Å². The number of aryl methyl sites for hydroxylation is 2. The predicted molar refractivity (Wildman–Crippen MR) is 58.8 cm³/mol. The molecule has 0 radical (unpaired) electrons. The van der Waals surface area contributed by atoms with E-state index in [2.05, 4.69) is 10.3 Å². The average Bonchev–Trinajstić information content (AvgIpc) is 2.54. The van der Waals surface area contributed by atoms with Crippen LogP contribution in [0.3, 0.4) is 0 Å². The molecule has 2 rings (SSSR count). The molecule has 1 amide bonds. The molecule has 0 aliphatic heterocycles. The number of hydrogen-bond acceptors (Lipinski definition) is 2. The van der Waals surface area contributed by atoms with Crippen LogP contribution in [0.25, 0.3) is 11.0 Å². The number of benzene rings is 1. The number of nitrogens with one attached hydrogen (secondary N) is 1. The normalized spacial score (nSPS) is 10.6. The van der Waals surface area contributed by atoms with Gasteiger partial charge in [0, 0.05) is 19.7 Å². The zero-order valence-corrected chi connectivity index (χ0v) is 9.03. The Balaban J connectivity index is 2.64. The van der Waals surface area contributed by atoms with E-state index in [0.29, 0.717) is 5.56 Å². The maximum Gasteiger partial charge on any atom is 0.251 e. The van der Waals surface area contributed by atoms with Crippen LogP contribution in [0.15, 0.2) is 18.2 Å². The lowest BCUT2D eigenvalue weighted by Gasteiger charge is -2.00. The fourth-order valence-electron chi connectivity index (χ4n) is 1.60. The molecule has 0 aliphatic carbocycles. The van der Waals surface area contributed by atoms with Crippen molar-refractivity contribution in [1.82, 2.24) is 14.9 Å². The first-order valence-electron chi connectivity index (χ1n) is 4.78. The van der Waals surface area contributed by atoms with Gasteiger partial charge < -0.3 is 9.88 Å².